The zero-order valence-corrected chi connectivity index (χ0v) is 13.6. The van der Waals surface area contributed by atoms with Gasteiger partial charge < -0.3 is 14.5 Å². The Labute approximate surface area is 128 Å². The van der Waals surface area contributed by atoms with Crippen molar-refractivity contribution in [3.63, 3.8) is 0 Å². The molecule has 0 saturated carbocycles. The summed E-state index contributed by atoms with van der Waals surface area (Å²) < 4.78 is 6.70. The molecule has 1 aliphatic rings. The molecule has 5 heteroatoms. The number of quaternary nitrogens is 1. The van der Waals surface area contributed by atoms with Crippen molar-refractivity contribution in [2.75, 3.05) is 33.2 Å². The quantitative estimate of drug-likeness (QED) is 0.888. The summed E-state index contributed by atoms with van der Waals surface area (Å²) in [5.41, 5.74) is 0. The van der Waals surface area contributed by atoms with Gasteiger partial charge >= 0.3 is 0 Å². The first-order valence-corrected chi connectivity index (χ1v) is 7.88. The molecular weight excluding hydrogens is 320 g/mol. The molecule has 0 aliphatic carbocycles. The van der Waals surface area contributed by atoms with Crippen LogP contribution in [0.2, 0.25) is 0 Å². The van der Waals surface area contributed by atoms with Crippen LogP contribution in [0.15, 0.2) is 28.7 Å². The van der Waals surface area contributed by atoms with Crippen molar-refractivity contribution >= 4 is 21.8 Å². The SMILES string of the molecule is C[C@H](Oc1cccc(Br)c1)C(=O)N1CCC[NH+](C)CC1. The van der Waals surface area contributed by atoms with E-state index in [2.05, 4.69) is 23.0 Å². The van der Waals surface area contributed by atoms with E-state index < -0.39 is 6.10 Å². The molecular formula is C15H22BrN2O2+. The van der Waals surface area contributed by atoms with Crippen LogP contribution in [0.1, 0.15) is 13.3 Å². The number of hydrogen-bond donors (Lipinski definition) is 1. The van der Waals surface area contributed by atoms with Crippen LogP contribution in [0.5, 0.6) is 5.75 Å². The monoisotopic (exact) mass is 341 g/mol. The van der Waals surface area contributed by atoms with Gasteiger partial charge in [-0.15, -0.1) is 0 Å². The molecule has 2 atom stereocenters. The van der Waals surface area contributed by atoms with Crippen LogP contribution in [0, 0.1) is 0 Å². The van der Waals surface area contributed by atoms with E-state index in [-0.39, 0.29) is 5.91 Å². The number of benzene rings is 1. The van der Waals surface area contributed by atoms with E-state index in [0.717, 1.165) is 42.8 Å². The van der Waals surface area contributed by atoms with Crippen LogP contribution in [-0.2, 0) is 4.79 Å². The van der Waals surface area contributed by atoms with Crippen molar-refractivity contribution in [3.05, 3.63) is 28.7 Å². The predicted octanol–water partition coefficient (Wildman–Crippen LogP) is 0.963. The summed E-state index contributed by atoms with van der Waals surface area (Å²) in [5, 5.41) is 0. The van der Waals surface area contributed by atoms with E-state index in [1.165, 1.54) is 4.90 Å². The fourth-order valence-electron chi connectivity index (χ4n) is 2.41. The van der Waals surface area contributed by atoms with Crippen LogP contribution in [-0.4, -0.2) is 50.1 Å². The predicted molar refractivity (Wildman–Crippen MR) is 82.0 cm³/mol. The van der Waals surface area contributed by atoms with Crippen molar-refractivity contribution in [2.45, 2.75) is 19.4 Å². The highest BCUT2D eigenvalue weighted by atomic mass is 79.9. The van der Waals surface area contributed by atoms with E-state index in [4.69, 9.17) is 4.74 Å². The first-order chi connectivity index (χ1) is 9.56. The third kappa shape index (κ3) is 4.21. The standard InChI is InChI=1S/C15H21BrN2O2/c1-12(20-14-6-3-5-13(16)11-14)15(19)18-8-4-7-17(2)9-10-18/h3,5-6,11-12H,4,7-10H2,1-2H3/p+1/t12-/m0/s1. The molecule has 0 aromatic heterocycles. The van der Waals surface area contributed by atoms with Crippen molar-refractivity contribution in [2.24, 2.45) is 0 Å². The highest BCUT2D eigenvalue weighted by molar-refractivity contribution is 9.10. The number of nitrogens with one attached hydrogen (secondary N) is 1. The molecule has 1 aromatic rings. The molecule has 110 valence electrons. The van der Waals surface area contributed by atoms with Crippen LogP contribution in [0.3, 0.4) is 0 Å². The summed E-state index contributed by atoms with van der Waals surface area (Å²) in [4.78, 5) is 15.8. The number of nitrogens with zero attached hydrogens (tertiary/aromatic N) is 1. The smallest absolute Gasteiger partial charge is 0.263 e. The zero-order chi connectivity index (χ0) is 14.5. The summed E-state index contributed by atoms with van der Waals surface area (Å²) >= 11 is 3.40. The largest absolute Gasteiger partial charge is 0.481 e. The lowest BCUT2D eigenvalue weighted by atomic mass is 10.3. The maximum absolute atomic E-state index is 12.4. The van der Waals surface area contributed by atoms with Gasteiger partial charge in [0.15, 0.2) is 6.10 Å². The van der Waals surface area contributed by atoms with Gasteiger partial charge in [-0.2, -0.15) is 0 Å². The van der Waals surface area contributed by atoms with Gasteiger partial charge in [0, 0.05) is 17.4 Å². The fraction of sp³-hybridized carbons (Fsp3) is 0.533. The van der Waals surface area contributed by atoms with Gasteiger partial charge in [0.1, 0.15) is 5.75 Å². The molecule has 1 heterocycles. The topological polar surface area (TPSA) is 34.0 Å². The van der Waals surface area contributed by atoms with Gasteiger partial charge in [-0.25, -0.2) is 0 Å². The molecule has 1 amide bonds. The zero-order valence-electron chi connectivity index (χ0n) is 12.1. The second kappa shape index (κ2) is 7.09. The van der Waals surface area contributed by atoms with Crippen molar-refractivity contribution < 1.29 is 14.4 Å². The average molecular weight is 342 g/mol. The minimum atomic E-state index is -0.442. The van der Waals surface area contributed by atoms with Gasteiger partial charge in [0.25, 0.3) is 5.91 Å². The van der Waals surface area contributed by atoms with E-state index in [0.29, 0.717) is 0 Å². The van der Waals surface area contributed by atoms with E-state index >= 15 is 0 Å². The number of amides is 1. The second-order valence-electron chi connectivity index (χ2n) is 5.35. The summed E-state index contributed by atoms with van der Waals surface area (Å²) in [6, 6.07) is 7.59. The van der Waals surface area contributed by atoms with Gasteiger partial charge in [-0.3, -0.25) is 4.79 Å². The third-order valence-corrected chi connectivity index (χ3v) is 4.10. The van der Waals surface area contributed by atoms with E-state index in [1.807, 2.05) is 36.1 Å². The van der Waals surface area contributed by atoms with Crippen LogP contribution < -0.4 is 9.64 Å². The van der Waals surface area contributed by atoms with Gasteiger partial charge in [-0.1, -0.05) is 22.0 Å². The number of halogens is 1. The minimum absolute atomic E-state index is 0.0830. The lowest BCUT2D eigenvalue weighted by Gasteiger charge is -2.23. The Kier molecular flexibility index (Phi) is 5.43. The fourth-order valence-corrected chi connectivity index (χ4v) is 2.78. The van der Waals surface area contributed by atoms with Crippen LogP contribution in [0.25, 0.3) is 0 Å². The Morgan fingerprint density at radius 2 is 2.20 bits per heavy atom. The summed E-state index contributed by atoms with van der Waals surface area (Å²) in [5.74, 6) is 0.803. The number of hydrogen-bond acceptors (Lipinski definition) is 2. The normalized spacial score (nSPS) is 21.1. The van der Waals surface area contributed by atoms with Gasteiger partial charge in [0.2, 0.25) is 0 Å². The molecule has 4 nitrogen and oxygen atoms in total. The minimum Gasteiger partial charge on any atom is -0.481 e. The highest BCUT2D eigenvalue weighted by Gasteiger charge is 2.24. The lowest BCUT2D eigenvalue weighted by Crippen LogP contribution is -3.09. The Hall–Kier alpha value is -1.07. The maximum atomic E-state index is 12.4. The average Bonchev–Trinajstić information content (AvgIpc) is 2.62. The Bertz CT molecular complexity index is 467. The molecule has 1 aromatic carbocycles. The van der Waals surface area contributed by atoms with E-state index in [1.54, 1.807) is 0 Å². The van der Waals surface area contributed by atoms with Crippen molar-refractivity contribution in [1.29, 1.82) is 0 Å². The summed E-state index contributed by atoms with van der Waals surface area (Å²) in [6.07, 6.45) is 0.615. The molecule has 1 saturated heterocycles. The van der Waals surface area contributed by atoms with Gasteiger partial charge in [-0.05, 0) is 25.1 Å². The molecule has 1 unspecified atom stereocenters. The van der Waals surface area contributed by atoms with Crippen LogP contribution >= 0.6 is 15.9 Å². The first-order valence-electron chi connectivity index (χ1n) is 7.08. The summed E-state index contributed by atoms with van der Waals surface area (Å²) in [7, 11) is 2.18. The molecule has 0 radical (unpaired) electrons. The molecule has 20 heavy (non-hydrogen) atoms. The Balaban J connectivity index is 1.94. The van der Waals surface area contributed by atoms with E-state index in [9.17, 15) is 4.79 Å². The molecule has 1 aliphatic heterocycles. The maximum Gasteiger partial charge on any atom is 0.263 e. The van der Waals surface area contributed by atoms with Gasteiger partial charge in [0.05, 0.1) is 26.7 Å². The summed E-state index contributed by atoms with van der Waals surface area (Å²) in [6.45, 7) is 5.61. The van der Waals surface area contributed by atoms with Crippen molar-refractivity contribution in [3.8, 4) is 5.75 Å². The number of carbonyl (C=O) groups excluding carboxylic acids is 1. The lowest BCUT2D eigenvalue weighted by molar-refractivity contribution is -0.877. The third-order valence-electron chi connectivity index (χ3n) is 3.61. The number of carbonyl (C=O) groups is 1. The number of rotatable bonds is 3. The molecule has 0 bridgehead atoms. The second-order valence-corrected chi connectivity index (χ2v) is 6.27. The molecule has 0 spiro atoms. The molecule has 2 rings (SSSR count). The number of ether oxygens (including phenoxy) is 1. The Morgan fingerprint density at radius 1 is 1.40 bits per heavy atom. The first kappa shape index (κ1) is 15.3. The number of likely N-dealkylation sites (N-methyl/N-ethyl adjacent to an activating group) is 1. The molecule has 1 fully saturated rings. The Morgan fingerprint density at radius 3 is 2.95 bits per heavy atom. The molecule has 1 N–H and O–H groups in total. The van der Waals surface area contributed by atoms with Crippen LogP contribution in [0.4, 0.5) is 0 Å². The highest BCUT2D eigenvalue weighted by Crippen LogP contribution is 2.19. The van der Waals surface area contributed by atoms with Crippen molar-refractivity contribution in [1.82, 2.24) is 4.90 Å².